The molecule has 3 heteroatoms. The van der Waals surface area contributed by atoms with Gasteiger partial charge in [-0.3, -0.25) is 4.79 Å². The monoisotopic (exact) mass is 270 g/mol. The number of piperidine rings is 3. The Morgan fingerprint density at radius 1 is 1.15 bits per heavy atom. The molecule has 3 fully saturated rings. The number of benzene rings is 1. The molecule has 20 heavy (non-hydrogen) atoms. The lowest BCUT2D eigenvalue weighted by Gasteiger charge is -2.44. The molecule has 0 saturated carbocycles. The molecular formula is C17H22N2O. The number of fused-ring (bicyclic) bond motifs is 4. The molecule has 2 bridgehead atoms. The van der Waals surface area contributed by atoms with Crippen molar-refractivity contribution >= 4 is 5.91 Å². The Labute approximate surface area is 120 Å². The summed E-state index contributed by atoms with van der Waals surface area (Å²) < 4.78 is 0. The second-order valence-corrected chi connectivity index (χ2v) is 6.56. The van der Waals surface area contributed by atoms with E-state index in [1.807, 2.05) is 6.07 Å². The van der Waals surface area contributed by atoms with Crippen molar-refractivity contribution in [2.75, 3.05) is 19.6 Å². The standard InChI is InChI=1S/C17H22N2O/c20-17(15-5-4-12-2-1-3-14(12)10-15)18-16-11-19-8-6-13(16)7-9-19/h4-5,10,13,16H,1-3,6-9,11H2,(H,18,20). The third kappa shape index (κ3) is 2.14. The fourth-order valence-corrected chi connectivity index (χ4v) is 4.09. The van der Waals surface area contributed by atoms with Crippen molar-refractivity contribution < 1.29 is 4.79 Å². The van der Waals surface area contributed by atoms with E-state index in [1.54, 1.807) is 0 Å². The maximum absolute atomic E-state index is 12.5. The Hall–Kier alpha value is -1.35. The van der Waals surface area contributed by atoms with E-state index in [-0.39, 0.29) is 5.91 Å². The van der Waals surface area contributed by atoms with Crippen LogP contribution in [-0.4, -0.2) is 36.5 Å². The van der Waals surface area contributed by atoms with Crippen molar-refractivity contribution in [1.29, 1.82) is 0 Å². The quantitative estimate of drug-likeness (QED) is 0.891. The first-order valence-electron chi connectivity index (χ1n) is 7.94. The lowest BCUT2D eigenvalue weighted by atomic mass is 9.84. The molecule has 106 valence electrons. The second-order valence-electron chi connectivity index (χ2n) is 6.56. The molecular weight excluding hydrogens is 248 g/mol. The van der Waals surface area contributed by atoms with Gasteiger partial charge in [0.1, 0.15) is 0 Å². The molecule has 0 spiro atoms. The predicted molar refractivity (Wildman–Crippen MR) is 78.9 cm³/mol. The predicted octanol–water partition coefficient (Wildman–Crippen LogP) is 2.00. The smallest absolute Gasteiger partial charge is 0.251 e. The maximum atomic E-state index is 12.5. The number of nitrogens with zero attached hydrogens (tertiary/aromatic N) is 1. The Balaban J connectivity index is 1.48. The van der Waals surface area contributed by atoms with Gasteiger partial charge in [0.25, 0.3) is 5.91 Å². The molecule has 5 rings (SSSR count). The van der Waals surface area contributed by atoms with Gasteiger partial charge in [-0.2, -0.15) is 0 Å². The van der Waals surface area contributed by atoms with Crippen LogP contribution >= 0.6 is 0 Å². The van der Waals surface area contributed by atoms with Crippen LogP contribution in [0.1, 0.15) is 40.7 Å². The summed E-state index contributed by atoms with van der Waals surface area (Å²) in [6, 6.07) is 6.62. The normalized spacial score (nSPS) is 31.1. The fourth-order valence-electron chi connectivity index (χ4n) is 4.09. The number of nitrogens with one attached hydrogen (secondary N) is 1. The van der Waals surface area contributed by atoms with Gasteiger partial charge in [0.15, 0.2) is 0 Å². The average molecular weight is 270 g/mol. The zero-order valence-electron chi connectivity index (χ0n) is 11.9. The molecule has 1 aromatic rings. The third-order valence-corrected chi connectivity index (χ3v) is 5.33. The molecule has 3 saturated heterocycles. The molecule has 1 aromatic carbocycles. The van der Waals surface area contributed by atoms with E-state index in [0.717, 1.165) is 18.5 Å². The van der Waals surface area contributed by atoms with Crippen molar-refractivity contribution in [3.05, 3.63) is 34.9 Å². The van der Waals surface area contributed by atoms with Crippen LogP contribution in [-0.2, 0) is 12.8 Å². The van der Waals surface area contributed by atoms with Crippen LogP contribution in [0.2, 0.25) is 0 Å². The third-order valence-electron chi connectivity index (χ3n) is 5.33. The van der Waals surface area contributed by atoms with Gasteiger partial charge in [0, 0.05) is 18.2 Å². The SMILES string of the molecule is O=C(NC1CN2CCC1CC2)c1ccc2c(c1)CCC2. The summed E-state index contributed by atoms with van der Waals surface area (Å²) >= 11 is 0. The molecule has 3 heterocycles. The Morgan fingerprint density at radius 3 is 2.70 bits per heavy atom. The van der Waals surface area contributed by atoms with Crippen molar-refractivity contribution in [3.8, 4) is 0 Å². The van der Waals surface area contributed by atoms with Crippen LogP contribution in [0.5, 0.6) is 0 Å². The molecule has 4 aliphatic rings. The number of hydrogen-bond donors (Lipinski definition) is 1. The Morgan fingerprint density at radius 2 is 1.95 bits per heavy atom. The molecule has 1 N–H and O–H groups in total. The zero-order chi connectivity index (χ0) is 13.5. The van der Waals surface area contributed by atoms with E-state index in [2.05, 4.69) is 22.3 Å². The van der Waals surface area contributed by atoms with Crippen molar-refractivity contribution in [1.82, 2.24) is 10.2 Å². The summed E-state index contributed by atoms with van der Waals surface area (Å²) in [6.07, 6.45) is 6.04. The van der Waals surface area contributed by atoms with E-state index >= 15 is 0 Å². The summed E-state index contributed by atoms with van der Waals surface area (Å²) in [4.78, 5) is 14.9. The summed E-state index contributed by atoms with van der Waals surface area (Å²) in [7, 11) is 0. The molecule has 0 aromatic heterocycles. The van der Waals surface area contributed by atoms with E-state index < -0.39 is 0 Å². The summed E-state index contributed by atoms with van der Waals surface area (Å²) in [5.74, 6) is 0.817. The number of hydrogen-bond acceptors (Lipinski definition) is 2. The first kappa shape index (κ1) is 12.4. The second kappa shape index (κ2) is 4.88. The molecule has 1 aliphatic carbocycles. The molecule has 1 amide bonds. The Bertz CT molecular complexity index is 532. The number of carbonyl (C=O) groups excluding carboxylic acids is 1. The van der Waals surface area contributed by atoms with Crippen LogP contribution in [0.15, 0.2) is 18.2 Å². The molecule has 1 unspecified atom stereocenters. The van der Waals surface area contributed by atoms with Gasteiger partial charge in [0.05, 0.1) is 0 Å². The van der Waals surface area contributed by atoms with Crippen LogP contribution < -0.4 is 5.32 Å². The highest BCUT2D eigenvalue weighted by molar-refractivity contribution is 5.94. The summed E-state index contributed by atoms with van der Waals surface area (Å²) in [5.41, 5.74) is 3.66. The molecule has 3 aliphatic heterocycles. The average Bonchev–Trinajstić information content (AvgIpc) is 2.96. The minimum atomic E-state index is 0.124. The van der Waals surface area contributed by atoms with Crippen molar-refractivity contribution in [2.45, 2.75) is 38.1 Å². The van der Waals surface area contributed by atoms with Gasteiger partial charge in [-0.15, -0.1) is 0 Å². The number of carbonyl (C=O) groups is 1. The fraction of sp³-hybridized carbons (Fsp3) is 0.588. The molecule has 3 nitrogen and oxygen atoms in total. The number of amides is 1. The van der Waals surface area contributed by atoms with Crippen LogP contribution in [0, 0.1) is 5.92 Å². The van der Waals surface area contributed by atoms with Crippen molar-refractivity contribution in [2.24, 2.45) is 5.92 Å². The van der Waals surface area contributed by atoms with Gasteiger partial charge in [-0.05, 0) is 74.4 Å². The first-order chi connectivity index (χ1) is 9.79. The summed E-state index contributed by atoms with van der Waals surface area (Å²) in [5, 5.41) is 3.28. The van der Waals surface area contributed by atoms with Gasteiger partial charge in [-0.1, -0.05) is 6.07 Å². The highest BCUT2D eigenvalue weighted by Gasteiger charge is 2.34. The number of rotatable bonds is 2. The van der Waals surface area contributed by atoms with Crippen LogP contribution in [0.4, 0.5) is 0 Å². The topological polar surface area (TPSA) is 32.3 Å². The van der Waals surface area contributed by atoms with E-state index in [4.69, 9.17) is 0 Å². The minimum absolute atomic E-state index is 0.124. The first-order valence-corrected chi connectivity index (χ1v) is 7.94. The van der Waals surface area contributed by atoms with E-state index in [1.165, 1.54) is 49.9 Å². The van der Waals surface area contributed by atoms with E-state index in [9.17, 15) is 4.79 Å². The molecule has 1 atom stereocenters. The highest BCUT2D eigenvalue weighted by Crippen LogP contribution is 2.28. The maximum Gasteiger partial charge on any atom is 0.251 e. The van der Waals surface area contributed by atoms with Crippen LogP contribution in [0.25, 0.3) is 0 Å². The van der Waals surface area contributed by atoms with Gasteiger partial charge < -0.3 is 10.2 Å². The zero-order valence-corrected chi connectivity index (χ0v) is 11.9. The van der Waals surface area contributed by atoms with Crippen molar-refractivity contribution in [3.63, 3.8) is 0 Å². The van der Waals surface area contributed by atoms with E-state index in [0.29, 0.717) is 12.0 Å². The highest BCUT2D eigenvalue weighted by atomic mass is 16.1. The molecule has 0 radical (unpaired) electrons. The number of aryl methyl sites for hydroxylation is 2. The van der Waals surface area contributed by atoms with Crippen LogP contribution in [0.3, 0.4) is 0 Å². The Kier molecular flexibility index (Phi) is 3.03. The lowest BCUT2D eigenvalue weighted by Crippen LogP contribution is -2.57. The minimum Gasteiger partial charge on any atom is -0.348 e. The van der Waals surface area contributed by atoms with Gasteiger partial charge in [0.2, 0.25) is 0 Å². The van der Waals surface area contributed by atoms with Gasteiger partial charge >= 0.3 is 0 Å². The lowest BCUT2D eigenvalue weighted by molar-refractivity contribution is 0.0620. The van der Waals surface area contributed by atoms with Gasteiger partial charge in [-0.25, -0.2) is 0 Å². The summed E-state index contributed by atoms with van der Waals surface area (Å²) in [6.45, 7) is 3.48. The largest absolute Gasteiger partial charge is 0.348 e.